The number of benzene rings is 1. The van der Waals surface area contributed by atoms with Crippen LogP contribution in [0.2, 0.25) is 5.02 Å². The first kappa shape index (κ1) is 14.5. The zero-order valence-electron chi connectivity index (χ0n) is 10.1. The summed E-state index contributed by atoms with van der Waals surface area (Å²) in [6, 6.07) is 7.87. The third-order valence-corrected chi connectivity index (χ3v) is 3.42. The van der Waals surface area contributed by atoms with Crippen LogP contribution < -0.4 is 11.1 Å². The maximum atomic E-state index is 12.0. The lowest BCUT2D eigenvalue weighted by atomic mass is 10.2. The molecule has 0 atom stereocenters. The molecule has 0 saturated heterocycles. The van der Waals surface area contributed by atoms with E-state index in [-0.39, 0.29) is 22.2 Å². The van der Waals surface area contributed by atoms with Crippen LogP contribution in [0.5, 0.6) is 0 Å². The van der Waals surface area contributed by atoms with Gasteiger partial charge in [0, 0.05) is 16.4 Å². The molecule has 0 saturated carbocycles. The number of carbonyl (C=O) groups excluding carboxylic acids is 2. The fourth-order valence-corrected chi connectivity index (χ4v) is 2.24. The summed E-state index contributed by atoms with van der Waals surface area (Å²) < 4.78 is 0.581. The average molecular weight is 355 g/mol. The van der Waals surface area contributed by atoms with Gasteiger partial charge < -0.3 is 11.1 Å². The Hall–Kier alpha value is -1.92. The highest BCUT2D eigenvalue weighted by molar-refractivity contribution is 9.10. The van der Waals surface area contributed by atoms with E-state index in [0.29, 0.717) is 10.2 Å². The lowest BCUT2D eigenvalue weighted by molar-refractivity contribution is 0.0998. The van der Waals surface area contributed by atoms with Crippen LogP contribution in [0.1, 0.15) is 20.8 Å². The van der Waals surface area contributed by atoms with E-state index >= 15 is 0 Å². The summed E-state index contributed by atoms with van der Waals surface area (Å²) in [6.07, 6.45) is 1.52. The molecule has 5 nitrogen and oxygen atoms in total. The van der Waals surface area contributed by atoms with Crippen molar-refractivity contribution in [1.82, 2.24) is 4.98 Å². The molecular weight excluding hydrogens is 346 g/mol. The van der Waals surface area contributed by atoms with Crippen molar-refractivity contribution in [3.05, 3.63) is 57.3 Å². The highest BCUT2D eigenvalue weighted by Gasteiger charge is 2.13. The Bertz CT molecular complexity index is 691. The molecule has 1 aromatic heterocycles. The standard InChI is InChI=1S/C13H9BrClN3O2/c14-9-2-1-5-17-11(9)13(20)18-7-3-4-8(12(16)19)10(15)6-7/h1-6H,(H2,16,19)(H,18,20). The minimum absolute atomic E-state index is 0.176. The lowest BCUT2D eigenvalue weighted by Gasteiger charge is -2.07. The molecule has 1 aromatic carbocycles. The smallest absolute Gasteiger partial charge is 0.275 e. The molecule has 0 aliphatic rings. The Labute approximate surface area is 128 Å². The Morgan fingerprint density at radius 1 is 1.30 bits per heavy atom. The van der Waals surface area contributed by atoms with Gasteiger partial charge in [0.1, 0.15) is 5.69 Å². The zero-order valence-corrected chi connectivity index (χ0v) is 12.4. The summed E-state index contributed by atoms with van der Waals surface area (Å²) >= 11 is 9.15. The monoisotopic (exact) mass is 353 g/mol. The van der Waals surface area contributed by atoms with Gasteiger partial charge in [-0.15, -0.1) is 0 Å². The van der Waals surface area contributed by atoms with Crippen molar-refractivity contribution in [3.8, 4) is 0 Å². The minimum atomic E-state index is -0.625. The fourth-order valence-electron chi connectivity index (χ4n) is 1.54. The van der Waals surface area contributed by atoms with E-state index in [0.717, 1.165) is 0 Å². The molecule has 0 radical (unpaired) electrons. The summed E-state index contributed by atoms with van der Waals surface area (Å²) in [7, 11) is 0. The summed E-state index contributed by atoms with van der Waals surface area (Å²) in [4.78, 5) is 27.1. The summed E-state index contributed by atoms with van der Waals surface area (Å²) in [5, 5.41) is 2.81. The first-order chi connectivity index (χ1) is 9.49. The van der Waals surface area contributed by atoms with Crippen molar-refractivity contribution in [2.24, 2.45) is 5.73 Å². The number of hydrogen-bond acceptors (Lipinski definition) is 3. The second-order valence-corrected chi connectivity index (χ2v) is 5.11. The van der Waals surface area contributed by atoms with Crippen LogP contribution in [0.4, 0.5) is 5.69 Å². The van der Waals surface area contributed by atoms with Crippen LogP contribution in [-0.4, -0.2) is 16.8 Å². The number of aromatic nitrogens is 1. The number of rotatable bonds is 3. The van der Waals surface area contributed by atoms with Crippen LogP contribution in [-0.2, 0) is 0 Å². The SMILES string of the molecule is NC(=O)c1ccc(NC(=O)c2ncccc2Br)cc1Cl. The van der Waals surface area contributed by atoms with Gasteiger partial charge in [-0.3, -0.25) is 9.59 Å². The molecule has 1 heterocycles. The molecule has 3 N–H and O–H groups in total. The normalized spacial score (nSPS) is 10.1. The Morgan fingerprint density at radius 3 is 2.65 bits per heavy atom. The molecule has 0 unspecified atom stereocenters. The number of nitrogens with two attached hydrogens (primary N) is 1. The van der Waals surface area contributed by atoms with E-state index in [4.69, 9.17) is 17.3 Å². The second-order valence-electron chi connectivity index (χ2n) is 3.85. The highest BCUT2D eigenvalue weighted by atomic mass is 79.9. The van der Waals surface area contributed by atoms with Crippen molar-refractivity contribution in [1.29, 1.82) is 0 Å². The number of nitrogens with one attached hydrogen (secondary N) is 1. The van der Waals surface area contributed by atoms with E-state index in [1.807, 2.05) is 0 Å². The van der Waals surface area contributed by atoms with E-state index in [1.54, 1.807) is 18.2 Å². The number of amides is 2. The van der Waals surface area contributed by atoms with E-state index in [1.165, 1.54) is 18.3 Å². The van der Waals surface area contributed by atoms with Crippen molar-refractivity contribution >= 4 is 45.0 Å². The van der Waals surface area contributed by atoms with E-state index in [2.05, 4.69) is 26.2 Å². The number of pyridine rings is 1. The Kier molecular flexibility index (Phi) is 4.36. The third-order valence-electron chi connectivity index (χ3n) is 2.47. The van der Waals surface area contributed by atoms with E-state index < -0.39 is 5.91 Å². The third kappa shape index (κ3) is 3.15. The molecule has 0 spiro atoms. The van der Waals surface area contributed by atoms with Gasteiger partial charge >= 0.3 is 0 Å². The molecule has 0 aliphatic carbocycles. The zero-order chi connectivity index (χ0) is 14.7. The van der Waals surface area contributed by atoms with Crippen LogP contribution in [0.15, 0.2) is 41.0 Å². The molecule has 7 heteroatoms. The number of hydrogen-bond donors (Lipinski definition) is 2. The van der Waals surface area contributed by atoms with Crippen molar-refractivity contribution in [3.63, 3.8) is 0 Å². The number of carbonyl (C=O) groups is 2. The molecule has 2 aromatic rings. The van der Waals surface area contributed by atoms with Gasteiger partial charge in [0.15, 0.2) is 0 Å². The second kappa shape index (κ2) is 6.02. The first-order valence-corrected chi connectivity index (χ1v) is 6.67. The topological polar surface area (TPSA) is 85.1 Å². The molecule has 0 bridgehead atoms. The van der Waals surface area contributed by atoms with Crippen molar-refractivity contribution < 1.29 is 9.59 Å². The lowest BCUT2D eigenvalue weighted by Crippen LogP contribution is -2.15. The Balaban J connectivity index is 2.23. The number of halogens is 2. The predicted octanol–water partition coefficient (Wildman–Crippen LogP) is 2.85. The summed E-state index contributed by atoms with van der Waals surface area (Å²) in [5.41, 5.74) is 6.05. The van der Waals surface area contributed by atoms with Crippen molar-refractivity contribution in [2.45, 2.75) is 0 Å². The van der Waals surface area contributed by atoms with Gasteiger partial charge in [-0.25, -0.2) is 4.98 Å². The van der Waals surface area contributed by atoms with Gasteiger partial charge in [-0.2, -0.15) is 0 Å². The van der Waals surface area contributed by atoms with Gasteiger partial charge in [-0.1, -0.05) is 11.6 Å². The van der Waals surface area contributed by atoms with Crippen molar-refractivity contribution in [2.75, 3.05) is 5.32 Å². The van der Waals surface area contributed by atoms with Gasteiger partial charge in [0.05, 0.1) is 10.6 Å². The van der Waals surface area contributed by atoms with Gasteiger partial charge in [-0.05, 0) is 46.3 Å². The maximum Gasteiger partial charge on any atom is 0.275 e. The van der Waals surface area contributed by atoms with Crippen LogP contribution in [0, 0.1) is 0 Å². The van der Waals surface area contributed by atoms with Gasteiger partial charge in [0.2, 0.25) is 5.91 Å². The summed E-state index contributed by atoms with van der Waals surface area (Å²) in [5.74, 6) is -1.01. The molecular formula is C13H9BrClN3O2. The molecule has 2 amide bonds. The van der Waals surface area contributed by atoms with E-state index in [9.17, 15) is 9.59 Å². The number of nitrogens with zero attached hydrogens (tertiary/aromatic N) is 1. The molecule has 102 valence electrons. The molecule has 0 fully saturated rings. The minimum Gasteiger partial charge on any atom is -0.366 e. The number of primary amides is 1. The maximum absolute atomic E-state index is 12.0. The first-order valence-electron chi connectivity index (χ1n) is 5.50. The van der Waals surface area contributed by atoms with Gasteiger partial charge in [0.25, 0.3) is 5.91 Å². The average Bonchev–Trinajstić information content (AvgIpc) is 2.38. The molecule has 20 heavy (non-hydrogen) atoms. The highest BCUT2D eigenvalue weighted by Crippen LogP contribution is 2.22. The van der Waals surface area contributed by atoms with Crippen LogP contribution in [0.3, 0.4) is 0 Å². The fraction of sp³-hybridized carbons (Fsp3) is 0. The predicted molar refractivity (Wildman–Crippen MR) is 79.9 cm³/mol. The summed E-state index contributed by atoms with van der Waals surface area (Å²) in [6.45, 7) is 0. The van der Waals surface area contributed by atoms with Crippen LogP contribution >= 0.6 is 27.5 Å². The molecule has 0 aliphatic heterocycles. The van der Waals surface area contributed by atoms with Crippen LogP contribution in [0.25, 0.3) is 0 Å². The largest absolute Gasteiger partial charge is 0.366 e. The molecule has 2 rings (SSSR count). The quantitative estimate of drug-likeness (QED) is 0.889. The number of anilines is 1. The Morgan fingerprint density at radius 2 is 2.05 bits per heavy atom.